The molecule has 1 fully saturated rings. The number of nitrogens with one attached hydrogen (secondary N) is 1. The van der Waals surface area contributed by atoms with Crippen LogP contribution in [0.3, 0.4) is 0 Å². The summed E-state index contributed by atoms with van der Waals surface area (Å²) in [5.74, 6) is 0.335. The Morgan fingerprint density at radius 1 is 1.50 bits per heavy atom. The van der Waals surface area contributed by atoms with Gasteiger partial charge >= 0.3 is 0 Å². The molecule has 0 amide bonds. The standard InChI is InChI=1S/C12H25N3O/c1-12(2)7-6-10(9-12)14-8-4-3-5-11(13)15-16/h10,14,16H,3-9H2,1-2H3,(H2,13,15). The smallest absolute Gasteiger partial charge is 0.139 e. The highest BCUT2D eigenvalue weighted by molar-refractivity contribution is 5.79. The minimum absolute atomic E-state index is 0.335. The lowest BCUT2D eigenvalue weighted by molar-refractivity contribution is 0.316. The fourth-order valence-corrected chi connectivity index (χ4v) is 2.40. The predicted octanol–water partition coefficient (Wildman–Crippen LogP) is 2.07. The summed E-state index contributed by atoms with van der Waals surface area (Å²) in [6.07, 6.45) is 6.68. The number of hydrogen-bond acceptors (Lipinski definition) is 3. The van der Waals surface area contributed by atoms with Crippen LogP contribution in [0.4, 0.5) is 0 Å². The fourth-order valence-electron chi connectivity index (χ4n) is 2.40. The summed E-state index contributed by atoms with van der Waals surface area (Å²) in [5, 5.41) is 14.9. The maximum Gasteiger partial charge on any atom is 0.139 e. The van der Waals surface area contributed by atoms with Crippen molar-refractivity contribution in [2.75, 3.05) is 6.54 Å². The van der Waals surface area contributed by atoms with E-state index in [2.05, 4.69) is 24.3 Å². The number of nitrogens with two attached hydrogens (primary N) is 1. The van der Waals surface area contributed by atoms with Crippen LogP contribution in [0.1, 0.15) is 52.4 Å². The van der Waals surface area contributed by atoms with Gasteiger partial charge in [-0.15, -0.1) is 0 Å². The molecule has 0 aromatic heterocycles. The number of oxime groups is 1. The van der Waals surface area contributed by atoms with Crippen LogP contribution in [-0.2, 0) is 0 Å². The fraction of sp³-hybridized carbons (Fsp3) is 0.917. The Labute approximate surface area is 98.3 Å². The van der Waals surface area contributed by atoms with Gasteiger partial charge in [0.2, 0.25) is 0 Å². The molecule has 1 atom stereocenters. The Bertz CT molecular complexity index is 238. The summed E-state index contributed by atoms with van der Waals surface area (Å²) < 4.78 is 0. The van der Waals surface area contributed by atoms with Gasteiger partial charge in [-0.1, -0.05) is 19.0 Å². The Morgan fingerprint density at radius 2 is 2.25 bits per heavy atom. The lowest BCUT2D eigenvalue weighted by atomic mass is 9.92. The summed E-state index contributed by atoms with van der Waals surface area (Å²) in [6, 6.07) is 0.693. The van der Waals surface area contributed by atoms with Gasteiger partial charge in [0, 0.05) is 12.5 Å². The molecule has 0 saturated heterocycles. The van der Waals surface area contributed by atoms with E-state index in [0.29, 0.717) is 23.7 Å². The Balaban J connectivity index is 2.00. The minimum Gasteiger partial charge on any atom is -0.409 e. The molecule has 0 aromatic carbocycles. The summed E-state index contributed by atoms with van der Waals surface area (Å²) in [4.78, 5) is 0. The normalized spacial score (nSPS) is 24.9. The minimum atomic E-state index is 0.335. The van der Waals surface area contributed by atoms with Crippen LogP contribution in [0.5, 0.6) is 0 Å². The van der Waals surface area contributed by atoms with Crippen molar-refractivity contribution in [3.05, 3.63) is 0 Å². The molecule has 1 aliphatic rings. The van der Waals surface area contributed by atoms with E-state index in [1.807, 2.05) is 0 Å². The van der Waals surface area contributed by atoms with E-state index in [1.165, 1.54) is 19.3 Å². The van der Waals surface area contributed by atoms with Gasteiger partial charge in [-0.25, -0.2) is 0 Å². The summed E-state index contributed by atoms with van der Waals surface area (Å²) in [7, 11) is 0. The molecule has 1 saturated carbocycles. The molecule has 0 bridgehead atoms. The van der Waals surface area contributed by atoms with Crippen molar-refractivity contribution in [1.82, 2.24) is 5.32 Å². The average Bonchev–Trinajstić information content (AvgIpc) is 2.57. The lowest BCUT2D eigenvalue weighted by Crippen LogP contribution is -2.28. The molecular formula is C12H25N3O. The van der Waals surface area contributed by atoms with Crippen molar-refractivity contribution >= 4 is 5.84 Å². The van der Waals surface area contributed by atoms with Crippen LogP contribution in [0, 0.1) is 5.41 Å². The van der Waals surface area contributed by atoms with E-state index in [9.17, 15) is 0 Å². The topological polar surface area (TPSA) is 70.6 Å². The van der Waals surface area contributed by atoms with Crippen molar-refractivity contribution in [3.8, 4) is 0 Å². The highest BCUT2D eigenvalue weighted by Gasteiger charge is 2.30. The largest absolute Gasteiger partial charge is 0.409 e. The maximum atomic E-state index is 8.37. The molecule has 0 heterocycles. The summed E-state index contributed by atoms with van der Waals surface area (Å²) in [5.41, 5.74) is 5.91. The Kier molecular flexibility index (Phi) is 5.06. The average molecular weight is 227 g/mol. The maximum absolute atomic E-state index is 8.37. The van der Waals surface area contributed by atoms with Crippen LogP contribution in [0.15, 0.2) is 5.16 Å². The van der Waals surface area contributed by atoms with Gasteiger partial charge in [0.05, 0.1) is 0 Å². The van der Waals surface area contributed by atoms with Gasteiger partial charge in [0.15, 0.2) is 0 Å². The SMILES string of the molecule is CC1(C)CCC(NCCCCC(N)=NO)C1. The third kappa shape index (κ3) is 4.84. The lowest BCUT2D eigenvalue weighted by Gasteiger charge is -2.17. The van der Waals surface area contributed by atoms with Crippen molar-refractivity contribution in [2.24, 2.45) is 16.3 Å². The van der Waals surface area contributed by atoms with Crippen molar-refractivity contribution in [2.45, 2.75) is 58.4 Å². The van der Waals surface area contributed by atoms with E-state index in [0.717, 1.165) is 19.4 Å². The zero-order chi connectivity index (χ0) is 12.0. The monoisotopic (exact) mass is 227 g/mol. The van der Waals surface area contributed by atoms with Crippen LogP contribution in [-0.4, -0.2) is 23.6 Å². The van der Waals surface area contributed by atoms with Gasteiger partial charge in [-0.3, -0.25) is 0 Å². The zero-order valence-electron chi connectivity index (χ0n) is 10.5. The van der Waals surface area contributed by atoms with Crippen LogP contribution in [0.25, 0.3) is 0 Å². The van der Waals surface area contributed by atoms with E-state index >= 15 is 0 Å². The molecule has 4 N–H and O–H groups in total. The summed E-state index contributed by atoms with van der Waals surface area (Å²) in [6.45, 7) is 5.72. The second-order valence-corrected chi connectivity index (χ2v) is 5.61. The van der Waals surface area contributed by atoms with Crippen molar-refractivity contribution in [1.29, 1.82) is 0 Å². The van der Waals surface area contributed by atoms with Gasteiger partial charge in [0.25, 0.3) is 0 Å². The van der Waals surface area contributed by atoms with Crippen molar-refractivity contribution < 1.29 is 5.21 Å². The number of rotatable bonds is 6. The summed E-state index contributed by atoms with van der Waals surface area (Å²) >= 11 is 0. The first-order chi connectivity index (χ1) is 7.53. The predicted molar refractivity (Wildman–Crippen MR) is 66.7 cm³/mol. The highest BCUT2D eigenvalue weighted by atomic mass is 16.4. The molecule has 1 aliphatic carbocycles. The molecular weight excluding hydrogens is 202 g/mol. The molecule has 16 heavy (non-hydrogen) atoms. The van der Waals surface area contributed by atoms with E-state index in [4.69, 9.17) is 10.9 Å². The number of nitrogens with zero attached hydrogens (tertiary/aromatic N) is 1. The molecule has 0 aromatic rings. The first-order valence-electron chi connectivity index (χ1n) is 6.23. The Hall–Kier alpha value is -0.770. The zero-order valence-corrected chi connectivity index (χ0v) is 10.5. The van der Waals surface area contributed by atoms with E-state index in [-0.39, 0.29) is 0 Å². The molecule has 4 nitrogen and oxygen atoms in total. The Morgan fingerprint density at radius 3 is 2.81 bits per heavy atom. The van der Waals surface area contributed by atoms with E-state index < -0.39 is 0 Å². The number of unbranched alkanes of at least 4 members (excludes halogenated alkanes) is 1. The molecule has 0 aliphatic heterocycles. The number of hydrogen-bond donors (Lipinski definition) is 3. The molecule has 1 rings (SSSR count). The second kappa shape index (κ2) is 6.09. The van der Waals surface area contributed by atoms with E-state index in [1.54, 1.807) is 0 Å². The first-order valence-corrected chi connectivity index (χ1v) is 6.23. The van der Waals surface area contributed by atoms with Crippen molar-refractivity contribution in [3.63, 3.8) is 0 Å². The molecule has 0 radical (unpaired) electrons. The highest BCUT2D eigenvalue weighted by Crippen LogP contribution is 2.36. The third-order valence-electron chi connectivity index (χ3n) is 3.39. The van der Waals surface area contributed by atoms with Crippen LogP contribution < -0.4 is 11.1 Å². The van der Waals surface area contributed by atoms with Crippen LogP contribution >= 0.6 is 0 Å². The first kappa shape index (κ1) is 13.3. The second-order valence-electron chi connectivity index (χ2n) is 5.61. The molecule has 1 unspecified atom stereocenters. The number of amidine groups is 1. The third-order valence-corrected chi connectivity index (χ3v) is 3.39. The molecule has 0 spiro atoms. The van der Waals surface area contributed by atoms with Gasteiger partial charge in [-0.05, 0) is 44.1 Å². The van der Waals surface area contributed by atoms with Gasteiger partial charge in [0.1, 0.15) is 5.84 Å². The molecule has 94 valence electrons. The quantitative estimate of drug-likeness (QED) is 0.214. The van der Waals surface area contributed by atoms with Crippen LogP contribution in [0.2, 0.25) is 0 Å². The molecule has 4 heteroatoms. The van der Waals surface area contributed by atoms with Gasteiger partial charge < -0.3 is 16.3 Å². The van der Waals surface area contributed by atoms with Gasteiger partial charge in [-0.2, -0.15) is 0 Å².